The summed E-state index contributed by atoms with van der Waals surface area (Å²) < 4.78 is 0. The van der Waals surface area contributed by atoms with E-state index in [2.05, 4.69) is 118 Å². The molecule has 0 atom stereocenters. The Kier molecular flexibility index (Phi) is 6.07. The van der Waals surface area contributed by atoms with Crippen LogP contribution in [0.1, 0.15) is 19.3 Å². The van der Waals surface area contributed by atoms with Gasteiger partial charge in [0.05, 0.1) is 5.69 Å². The second kappa shape index (κ2) is 9.61. The summed E-state index contributed by atoms with van der Waals surface area (Å²) in [7, 11) is 0. The van der Waals surface area contributed by atoms with E-state index in [1.165, 1.54) is 24.9 Å². The van der Waals surface area contributed by atoms with Gasteiger partial charge in [-0.15, -0.1) is 0 Å². The number of rotatable bonds is 6. The van der Waals surface area contributed by atoms with Crippen LogP contribution in [-0.2, 0) is 0 Å². The molecule has 0 amide bonds. The van der Waals surface area contributed by atoms with Crippen molar-refractivity contribution in [3.8, 4) is 0 Å². The molecule has 0 unspecified atom stereocenters. The Hall–Kier alpha value is -3.72. The normalized spacial score (nSPS) is 13.6. The van der Waals surface area contributed by atoms with E-state index in [-0.39, 0.29) is 0 Å². The van der Waals surface area contributed by atoms with E-state index in [0.29, 0.717) is 0 Å². The van der Waals surface area contributed by atoms with Crippen molar-refractivity contribution in [2.24, 2.45) is 0 Å². The SMILES string of the molecule is c1ccc(Nc2cc(N3CCCCC3)cc(N(c3ccccc3)c3ccccc3)c2)cc1. The molecule has 3 nitrogen and oxygen atoms in total. The molecule has 1 saturated heterocycles. The Bertz CT molecular complexity index is 1080. The van der Waals surface area contributed by atoms with Crippen molar-refractivity contribution in [1.29, 1.82) is 0 Å². The van der Waals surface area contributed by atoms with E-state index in [0.717, 1.165) is 41.5 Å². The topological polar surface area (TPSA) is 18.5 Å². The molecule has 160 valence electrons. The van der Waals surface area contributed by atoms with Gasteiger partial charge in [0.25, 0.3) is 0 Å². The highest BCUT2D eigenvalue weighted by atomic mass is 15.2. The van der Waals surface area contributed by atoms with Gasteiger partial charge < -0.3 is 15.1 Å². The Labute approximate surface area is 190 Å². The first kappa shape index (κ1) is 20.2. The lowest BCUT2D eigenvalue weighted by atomic mass is 10.1. The molecule has 0 aliphatic carbocycles. The fourth-order valence-corrected chi connectivity index (χ4v) is 4.42. The van der Waals surface area contributed by atoms with Gasteiger partial charge in [-0.3, -0.25) is 0 Å². The lowest BCUT2D eigenvalue weighted by Crippen LogP contribution is -2.29. The fourth-order valence-electron chi connectivity index (χ4n) is 4.42. The first-order chi connectivity index (χ1) is 15.9. The molecule has 1 aliphatic heterocycles. The predicted octanol–water partition coefficient (Wildman–Crippen LogP) is 7.89. The van der Waals surface area contributed by atoms with E-state index >= 15 is 0 Å². The summed E-state index contributed by atoms with van der Waals surface area (Å²) in [6.07, 6.45) is 3.84. The summed E-state index contributed by atoms with van der Waals surface area (Å²) in [5.41, 5.74) is 6.94. The molecule has 5 rings (SSSR count). The van der Waals surface area contributed by atoms with E-state index in [4.69, 9.17) is 0 Å². The van der Waals surface area contributed by atoms with E-state index in [1.807, 2.05) is 6.07 Å². The van der Waals surface area contributed by atoms with Crippen LogP contribution in [0.5, 0.6) is 0 Å². The van der Waals surface area contributed by atoms with Crippen LogP contribution in [0.15, 0.2) is 109 Å². The van der Waals surface area contributed by atoms with Gasteiger partial charge in [0.2, 0.25) is 0 Å². The summed E-state index contributed by atoms with van der Waals surface area (Å²) in [6, 6.07) is 38.5. The van der Waals surface area contributed by atoms with Crippen molar-refractivity contribution < 1.29 is 0 Å². The minimum absolute atomic E-state index is 1.10. The van der Waals surface area contributed by atoms with Gasteiger partial charge in [-0.1, -0.05) is 54.6 Å². The van der Waals surface area contributed by atoms with Gasteiger partial charge in [-0.25, -0.2) is 0 Å². The first-order valence-electron chi connectivity index (χ1n) is 11.5. The van der Waals surface area contributed by atoms with Crippen LogP contribution in [0.3, 0.4) is 0 Å². The number of benzene rings is 4. The van der Waals surface area contributed by atoms with Crippen molar-refractivity contribution in [3.05, 3.63) is 109 Å². The highest BCUT2D eigenvalue weighted by molar-refractivity contribution is 5.82. The van der Waals surface area contributed by atoms with Crippen LogP contribution in [0.25, 0.3) is 0 Å². The molecule has 4 aromatic rings. The molecule has 0 spiro atoms. The Morgan fingerprint density at radius 1 is 0.531 bits per heavy atom. The van der Waals surface area contributed by atoms with Gasteiger partial charge in [0.1, 0.15) is 0 Å². The molecule has 3 heteroatoms. The van der Waals surface area contributed by atoms with Crippen LogP contribution >= 0.6 is 0 Å². The van der Waals surface area contributed by atoms with Crippen molar-refractivity contribution in [2.45, 2.75) is 19.3 Å². The molecule has 32 heavy (non-hydrogen) atoms. The zero-order chi connectivity index (χ0) is 21.6. The third kappa shape index (κ3) is 4.62. The average Bonchev–Trinajstić information content (AvgIpc) is 2.87. The van der Waals surface area contributed by atoms with Crippen LogP contribution < -0.4 is 15.1 Å². The highest BCUT2D eigenvalue weighted by Gasteiger charge is 2.17. The van der Waals surface area contributed by atoms with Crippen LogP contribution in [0, 0.1) is 0 Å². The maximum atomic E-state index is 3.63. The zero-order valence-electron chi connectivity index (χ0n) is 18.3. The molecule has 0 bridgehead atoms. The number of nitrogens with one attached hydrogen (secondary N) is 1. The molecule has 1 N–H and O–H groups in total. The predicted molar refractivity (Wildman–Crippen MR) is 137 cm³/mol. The van der Waals surface area contributed by atoms with Crippen LogP contribution in [0.4, 0.5) is 34.1 Å². The van der Waals surface area contributed by atoms with E-state index in [9.17, 15) is 0 Å². The van der Waals surface area contributed by atoms with Crippen molar-refractivity contribution in [1.82, 2.24) is 0 Å². The van der Waals surface area contributed by atoms with Crippen LogP contribution in [-0.4, -0.2) is 13.1 Å². The second-order valence-corrected chi connectivity index (χ2v) is 8.28. The summed E-state index contributed by atoms with van der Waals surface area (Å²) in [5.74, 6) is 0. The van der Waals surface area contributed by atoms with Crippen molar-refractivity contribution in [2.75, 3.05) is 28.2 Å². The minimum atomic E-state index is 1.10. The summed E-state index contributed by atoms with van der Waals surface area (Å²) >= 11 is 0. The van der Waals surface area contributed by atoms with Gasteiger partial charge in [-0.2, -0.15) is 0 Å². The Morgan fingerprint density at radius 3 is 1.69 bits per heavy atom. The van der Waals surface area contributed by atoms with Gasteiger partial charge >= 0.3 is 0 Å². The molecule has 0 aromatic heterocycles. The van der Waals surface area contributed by atoms with Gasteiger partial charge in [-0.05, 0) is 73.9 Å². The number of hydrogen-bond donors (Lipinski definition) is 1. The first-order valence-corrected chi connectivity index (χ1v) is 11.5. The molecule has 1 heterocycles. The van der Waals surface area contributed by atoms with E-state index < -0.39 is 0 Å². The second-order valence-electron chi connectivity index (χ2n) is 8.28. The lowest BCUT2D eigenvalue weighted by molar-refractivity contribution is 0.578. The zero-order valence-corrected chi connectivity index (χ0v) is 18.3. The Balaban J connectivity index is 1.62. The van der Waals surface area contributed by atoms with Crippen LogP contribution in [0.2, 0.25) is 0 Å². The Morgan fingerprint density at radius 2 is 1.09 bits per heavy atom. The van der Waals surface area contributed by atoms with Gasteiger partial charge in [0, 0.05) is 41.5 Å². The average molecular weight is 420 g/mol. The maximum absolute atomic E-state index is 3.63. The molecule has 0 radical (unpaired) electrons. The summed E-state index contributed by atoms with van der Waals surface area (Å²) in [6.45, 7) is 2.23. The van der Waals surface area contributed by atoms with E-state index in [1.54, 1.807) is 0 Å². The van der Waals surface area contributed by atoms with Gasteiger partial charge in [0.15, 0.2) is 0 Å². The standard InChI is InChI=1S/C29H29N3/c1-5-13-24(14-6-1)30-25-21-28(31-19-11-4-12-20-31)23-29(22-25)32(26-15-7-2-8-16-26)27-17-9-3-10-18-27/h1-3,5-10,13-18,21-23,30H,4,11-12,19-20H2. The lowest BCUT2D eigenvalue weighted by Gasteiger charge is -2.32. The summed E-state index contributed by atoms with van der Waals surface area (Å²) in [4.78, 5) is 4.86. The van der Waals surface area contributed by atoms with Crippen molar-refractivity contribution >= 4 is 34.1 Å². The fraction of sp³-hybridized carbons (Fsp3) is 0.172. The maximum Gasteiger partial charge on any atom is 0.0502 e. The molecule has 1 fully saturated rings. The molecule has 1 aliphatic rings. The largest absolute Gasteiger partial charge is 0.371 e. The number of para-hydroxylation sites is 3. The van der Waals surface area contributed by atoms with Crippen molar-refractivity contribution in [3.63, 3.8) is 0 Å². The number of anilines is 6. The summed E-state index contributed by atoms with van der Waals surface area (Å²) in [5, 5.41) is 3.63. The molecular formula is C29H29N3. The number of piperidine rings is 1. The third-order valence-electron chi connectivity index (χ3n) is 5.97. The third-order valence-corrected chi connectivity index (χ3v) is 5.97. The number of nitrogens with zero attached hydrogens (tertiary/aromatic N) is 2. The minimum Gasteiger partial charge on any atom is -0.371 e. The number of hydrogen-bond acceptors (Lipinski definition) is 3. The molecule has 4 aromatic carbocycles. The molecular weight excluding hydrogens is 390 g/mol. The highest BCUT2D eigenvalue weighted by Crippen LogP contribution is 2.39. The quantitative estimate of drug-likeness (QED) is 0.343. The smallest absolute Gasteiger partial charge is 0.0502 e. The molecule has 0 saturated carbocycles. The monoisotopic (exact) mass is 419 g/mol.